The van der Waals surface area contributed by atoms with Crippen molar-refractivity contribution in [3.63, 3.8) is 0 Å². The molecule has 0 aliphatic carbocycles. The second-order valence-electron chi connectivity index (χ2n) is 6.67. The molecule has 9 nitrogen and oxygen atoms in total. The van der Waals surface area contributed by atoms with E-state index in [1.54, 1.807) is 13.0 Å². The number of amides is 1. The summed E-state index contributed by atoms with van der Waals surface area (Å²) in [5.41, 5.74) is 0.121. The Morgan fingerprint density at radius 2 is 1.91 bits per heavy atom. The molecule has 32 heavy (non-hydrogen) atoms. The number of ether oxygens (including phenoxy) is 3. The second-order valence-corrected chi connectivity index (χ2v) is 6.67. The third kappa shape index (κ3) is 6.22. The number of carboxylic acids is 1. The SMILES string of the molecule is COC[C@@H](C)Oc1cc(C(=O)Nc2ccc(C(=O)O)cn2)cc(Oc2cccc(F)c2)n1. The summed E-state index contributed by atoms with van der Waals surface area (Å²) in [4.78, 5) is 31.8. The van der Waals surface area contributed by atoms with Crippen LogP contribution in [0.5, 0.6) is 17.5 Å². The van der Waals surface area contributed by atoms with Crippen molar-refractivity contribution < 1.29 is 33.3 Å². The first kappa shape index (κ1) is 22.6. The second kappa shape index (κ2) is 10.3. The van der Waals surface area contributed by atoms with Crippen molar-refractivity contribution in [2.75, 3.05) is 19.0 Å². The number of carbonyl (C=O) groups is 2. The first-order valence-electron chi connectivity index (χ1n) is 9.46. The van der Waals surface area contributed by atoms with E-state index in [4.69, 9.17) is 19.3 Å². The van der Waals surface area contributed by atoms with Gasteiger partial charge >= 0.3 is 5.97 Å². The van der Waals surface area contributed by atoms with Gasteiger partial charge in [0.15, 0.2) is 0 Å². The molecule has 3 aromatic rings. The van der Waals surface area contributed by atoms with Crippen LogP contribution in [-0.2, 0) is 4.74 Å². The molecule has 0 saturated carbocycles. The highest BCUT2D eigenvalue weighted by molar-refractivity contribution is 6.04. The molecular formula is C22H20FN3O6. The third-order valence-electron chi connectivity index (χ3n) is 4.03. The number of rotatable bonds is 9. The average molecular weight is 441 g/mol. The summed E-state index contributed by atoms with van der Waals surface area (Å²) < 4.78 is 29.8. The van der Waals surface area contributed by atoms with E-state index in [0.717, 1.165) is 6.20 Å². The number of aromatic nitrogens is 2. The Bertz CT molecular complexity index is 1110. The quantitative estimate of drug-likeness (QED) is 0.515. The van der Waals surface area contributed by atoms with Crippen LogP contribution in [0.2, 0.25) is 0 Å². The molecule has 1 atom stereocenters. The van der Waals surface area contributed by atoms with Gasteiger partial charge in [-0.2, -0.15) is 4.98 Å². The molecule has 0 radical (unpaired) electrons. The van der Waals surface area contributed by atoms with Crippen molar-refractivity contribution in [2.24, 2.45) is 0 Å². The van der Waals surface area contributed by atoms with E-state index in [9.17, 15) is 14.0 Å². The number of carboxylic acid groups (broad SMARTS) is 1. The Hall–Kier alpha value is -4.05. The van der Waals surface area contributed by atoms with Gasteiger partial charge < -0.3 is 24.6 Å². The van der Waals surface area contributed by atoms with Gasteiger partial charge in [-0.3, -0.25) is 4.79 Å². The first-order chi connectivity index (χ1) is 15.3. The zero-order chi connectivity index (χ0) is 23.1. The molecule has 0 bridgehead atoms. The molecule has 0 saturated heterocycles. The van der Waals surface area contributed by atoms with Gasteiger partial charge in [0.25, 0.3) is 5.91 Å². The molecule has 2 aromatic heterocycles. The predicted molar refractivity (Wildman–Crippen MR) is 112 cm³/mol. The topological polar surface area (TPSA) is 120 Å². The molecule has 0 aliphatic rings. The average Bonchev–Trinajstić information content (AvgIpc) is 2.74. The fourth-order valence-corrected chi connectivity index (χ4v) is 2.63. The van der Waals surface area contributed by atoms with Crippen molar-refractivity contribution in [1.29, 1.82) is 0 Å². The van der Waals surface area contributed by atoms with Crippen LogP contribution in [0.15, 0.2) is 54.7 Å². The molecule has 10 heteroatoms. The maximum absolute atomic E-state index is 13.5. The molecule has 3 rings (SSSR count). The Morgan fingerprint density at radius 3 is 2.56 bits per heavy atom. The minimum Gasteiger partial charge on any atom is -0.478 e. The van der Waals surface area contributed by atoms with Crippen LogP contribution in [0.3, 0.4) is 0 Å². The molecule has 0 unspecified atom stereocenters. The number of methoxy groups -OCH3 is 1. The van der Waals surface area contributed by atoms with E-state index in [-0.39, 0.29) is 47.2 Å². The number of halogens is 1. The number of nitrogens with one attached hydrogen (secondary N) is 1. The third-order valence-corrected chi connectivity index (χ3v) is 4.03. The van der Waals surface area contributed by atoms with Crippen LogP contribution < -0.4 is 14.8 Å². The largest absolute Gasteiger partial charge is 0.478 e. The molecular weight excluding hydrogens is 421 g/mol. The molecule has 0 spiro atoms. The number of benzene rings is 1. The van der Waals surface area contributed by atoms with Crippen LogP contribution >= 0.6 is 0 Å². The lowest BCUT2D eigenvalue weighted by atomic mass is 10.2. The first-order valence-corrected chi connectivity index (χ1v) is 9.46. The summed E-state index contributed by atoms with van der Waals surface area (Å²) in [6.07, 6.45) is 0.766. The Balaban J connectivity index is 1.86. The molecule has 1 amide bonds. The summed E-state index contributed by atoms with van der Waals surface area (Å²) in [5.74, 6) is -1.72. The summed E-state index contributed by atoms with van der Waals surface area (Å²) in [5, 5.41) is 11.5. The number of aromatic carboxylic acids is 1. The standard InChI is InChI=1S/C22H20FN3O6/c1-13(12-30-2)31-19-8-15(9-20(26-19)32-17-5-3-4-16(23)10-17)21(27)25-18-7-6-14(11-24-18)22(28)29/h3-11,13H,12H2,1-2H3,(H,28,29)(H,24,25,27)/t13-/m1/s1. The lowest BCUT2D eigenvalue weighted by Crippen LogP contribution is -2.19. The smallest absolute Gasteiger partial charge is 0.337 e. The summed E-state index contributed by atoms with van der Waals surface area (Å²) in [6, 6.07) is 10.9. The minimum absolute atomic E-state index is 0.0112. The van der Waals surface area contributed by atoms with Gasteiger partial charge in [0.2, 0.25) is 11.8 Å². The monoisotopic (exact) mass is 441 g/mol. The molecule has 0 fully saturated rings. The lowest BCUT2D eigenvalue weighted by molar-refractivity contribution is 0.0696. The number of hydrogen-bond donors (Lipinski definition) is 2. The fourth-order valence-electron chi connectivity index (χ4n) is 2.63. The minimum atomic E-state index is -1.13. The maximum Gasteiger partial charge on any atom is 0.337 e. The molecule has 1 aromatic carbocycles. The van der Waals surface area contributed by atoms with Gasteiger partial charge in [-0.15, -0.1) is 0 Å². The number of anilines is 1. The number of pyridine rings is 2. The van der Waals surface area contributed by atoms with Crippen LogP contribution in [0.1, 0.15) is 27.6 Å². The van der Waals surface area contributed by atoms with E-state index in [1.807, 2.05) is 0 Å². The van der Waals surface area contributed by atoms with Crippen LogP contribution in [0, 0.1) is 5.82 Å². The van der Waals surface area contributed by atoms with Crippen LogP contribution in [-0.4, -0.2) is 46.8 Å². The number of carbonyl (C=O) groups excluding carboxylic acids is 1. The highest BCUT2D eigenvalue weighted by Crippen LogP contribution is 2.25. The van der Waals surface area contributed by atoms with Crippen molar-refractivity contribution in [3.05, 3.63) is 71.7 Å². The predicted octanol–water partition coefficient (Wildman–Crippen LogP) is 3.77. The van der Waals surface area contributed by atoms with Gasteiger partial charge in [0, 0.05) is 31.5 Å². The van der Waals surface area contributed by atoms with Crippen molar-refractivity contribution in [1.82, 2.24) is 9.97 Å². The van der Waals surface area contributed by atoms with E-state index in [2.05, 4.69) is 15.3 Å². The number of nitrogens with zero attached hydrogens (tertiary/aromatic N) is 2. The molecule has 2 heterocycles. The molecule has 166 valence electrons. The van der Waals surface area contributed by atoms with Gasteiger partial charge in [-0.25, -0.2) is 14.2 Å². The zero-order valence-corrected chi connectivity index (χ0v) is 17.2. The van der Waals surface area contributed by atoms with E-state index in [0.29, 0.717) is 0 Å². The van der Waals surface area contributed by atoms with E-state index >= 15 is 0 Å². The Morgan fingerprint density at radius 1 is 1.12 bits per heavy atom. The van der Waals surface area contributed by atoms with Gasteiger partial charge in [0.1, 0.15) is 23.5 Å². The van der Waals surface area contributed by atoms with Crippen LogP contribution in [0.4, 0.5) is 10.2 Å². The summed E-state index contributed by atoms with van der Waals surface area (Å²) in [7, 11) is 1.53. The molecule has 0 aliphatic heterocycles. The summed E-state index contributed by atoms with van der Waals surface area (Å²) in [6.45, 7) is 2.05. The Labute approximate surface area is 182 Å². The lowest BCUT2D eigenvalue weighted by Gasteiger charge is -2.15. The van der Waals surface area contributed by atoms with Gasteiger partial charge in [-0.1, -0.05) is 6.07 Å². The highest BCUT2D eigenvalue weighted by atomic mass is 19.1. The molecule has 2 N–H and O–H groups in total. The van der Waals surface area contributed by atoms with E-state index in [1.165, 1.54) is 49.6 Å². The van der Waals surface area contributed by atoms with Crippen molar-refractivity contribution >= 4 is 17.7 Å². The summed E-state index contributed by atoms with van der Waals surface area (Å²) >= 11 is 0. The Kier molecular flexibility index (Phi) is 7.29. The zero-order valence-electron chi connectivity index (χ0n) is 17.2. The van der Waals surface area contributed by atoms with Crippen LogP contribution in [0.25, 0.3) is 0 Å². The van der Waals surface area contributed by atoms with E-state index < -0.39 is 17.7 Å². The highest BCUT2D eigenvalue weighted by Gasteiger charge is 2.15. The number of hydrogen-bond acceptors (Lipinski definition) is 7. The van der Waals surface area contributed by atoms with Gasteiger partial charge in [-0.05, 0) is 31.2 Å². The van der Waals surface area contributed by atoms with Gasteiger partial charge in [0.05, 0.1) is 17.7 Å². The van der Waals surface area contributed by atoms with Crippen molar-refractivity contribution in [3.8, 4) is 17.5 Å². The maximum atomic E-state index is 13.5. The fraction of sp³-hybridized carbons (Fsp3) is 0.182. The van der Waals surface area contributed by atoms with Crippen molar-refractivity contribution in [2.45, 2.75) is 13.0 Å². The normalized spacial score (nSPS) is 11.5.